The minimum absolute atomic E-state index is 0.771. The van der Waals surface area contributed by atoms with E-state index in [0.29, 0.717) is 0 Å². The van der Waals surface area contributed by atoms with Crippen LogP contribution < -0.4 is 4.90 Å². The van der Waals surface area contributed by atoms with E-state index in [2.05, 4.69) is 66.5 Å². The summed E-state index contributed by atoms with van der Waals surface area (Å²) in [6.45, 7) is 2.31. The van der Waals surface area contributed by atoms with E-state index in [1.54, 1.807) is 0 Å². The van der Waals surface area contributed by atoms with Gasteiger partial charge in [0.1, 0.15) is 0 Å². The van der Waals surface area contributed by atoms with Crippen LogP contribution in [-0.4, -0.2) is 25.2 Å². The summed E-state index contributed by atoms with van der Waals surface area (Å²) in [5.74, 6) is 7.48. The first-order valence-electron chi connectivity index (χ1n) is 5.74. The number of hydrogen-bond acceptors (Lipinski definition) is 1. The fourth-order valence-corrected chi connectivity index (χ4v) is 7.63. The molecule has 0 aliphatic heterocycles. The number of rotatable bonds is 4. The molecule has 0 aliphatic carbocycles. The zero-order chi connectivity index (χ0) is 11.5. The van der Waals surface area contributed by atoms with Crippen molar-refractivity contribution in [2.24, 2.45) is 0 Å². The maximum absolute atomic E-state index is 2.49. The standard InChI is InChI=1S/C13H23GeN/c1-6-13(14(2,3)4)15(5)12-10-8-7-9-11-12/h7-11,13H,6H2,1-5H3. The molecule has 1 nitrogen and oxygen atoms in total. The van der Waals surface area contributed by atoms with Gasteiger partial charge in [0.15, 0.2) is 0 Å². The summed E-state index contributed by atoms with van der Waals surface area (Å²) in [7, 11) is 2.24. The molecule has 0 saturated heterocycles. The summed E-state index contributed by atoms with van der Waals surface area (Å²) < 4.78 is 0. The molecule has 0 spiro atoms. The molecule has 1 aromatic rings. The van der Waals surface area contributed by atoms with Crippen molar-refractivity contribution in [3.05, 3.63) is 30.3 Å². The van der Waals surface area contributed by atoms with Crippen LogP contribution in [0.1, 0.15) is 13.3 Å². The maximum atomic E-state index is 2.49. The van der Waals surface area contributed by atoms with Crippen LogP contribution in [0.4, 0.5) is 5.69 Å². The Morgan fingerprint density at radius 3 is 2.07 bits per heavy atom. The first-order valence-corrected chi connectivity index (χ1v) is 13.2. The summed E-state index contributed by atoms with van der Waals surface area (Å²) in [4.78, 5) is 3.24. The Kier molecular flexibility index (Phi) is 4.26. The van der Waals surface area contributed by atoms with Crippen LogP contribution in [0, 0.1) is 0 Å². The van der Waals surface area contributed by atoms with Gasteiger partial charge in [-0.3, -0.25) is 0 Å². The van der Waals surface area contributed by atoms with Gasteiger partial charge in [0.05, 0.1) is 0 Å². The zero-order valence-electron chi connectivity index (χ0n) is 10.6. The summed E-state index contributed by atoms with van der Waals surface area (Å²) in [6, 6.07) is 10.7. The van der Waals surface area contributed by atoms with Gasteiger partial charge in [-0.15, -0.1) is 0 Å². The molecule has 0 aliphatic rings. The molecular formula is C13H23GeN. The van der Waals surface area contributed by atoms with Crippen LogP contribution in [0.25, 0.3) is 0 Å². The van der Waals surface area contributed by atoms with Crippen LogP contribution in [0.2, 0.25) is 17.3 Å². The third-order valence-corrected chi connectivity index (χ3v) is 8.88. The average Bonchev–Trinajstić information content (AvgIpc) is 2.18. The molecule has 0 fully saturated rings. The topological polar surface area (TPSA) is 3.24 Å². The van der Waals surface area contributed by atoms with Crippen molar-refractivity contribution in [1.29, 1.82) is 0 Å². The predicted molar refractivity (Wildman–Crippen MR) is 72.3 cm³/mol. The number of nitrogens with zero attached hydrogens (tertiary/aromatic N) is 1. The third kappa shape index (κ3) is 3.27. The summed E-state index contributed by atoms with van der Waals surface area (Å²) in [5.41, 5.74) is 1.35. The molecule has 0 saturated carbocycles. The molecule has 1 rings (SSSR count). The minimum atomic E-state index is -1.61. The van der Waals surface area contributed by atoms with Crippen molar-refractivity contribution >= 4 is 19.0 Å². The van der Waals surface area contributed by atoms with E-state index in [1.165, 1.54) is 12.1 Å². The molecule has 1 aromatic carbocycles. The first-order chi connectivity index (χ1) is 6.96. The molecule has 1 unspecified atom stereocenters. The van der Waals surface area contributed by atoms with Gasteiger partial charge < -0.3 is 0 Å². The Morgan fingerprint density at radius 2 is 1.67 bits per heavy atom. The van der Waals surface area contributed by atoms with Gasteiger partial charge in [0, 0.05) is 0 Å². The van der Waals surface area contributed by atoms with Gasteiger partial charge in [0.2, 0.25) is 0 Å². The fraction of sp³-hybridized carbons (Fsp3) is 0.538. The van der Waals surface area contributed by atoms with Crippen molar-refractivity contribution in [1.82, 2.24) is 0 Å². The van der Waals surface area contributed by atoms with Crippen molar-refractivity contribution < 1.29 is 0 Å². The van der Waals surface area contributed by atoms with Crippen LogP contribution in [0.3, 0.4) is 0 Å². The fourth-order valence-electron chi connectivity index (χ4n) is 2.31. The van der Waals surface area contributed by atoms with Crippen molar-refractivity contribution in [2.75, 3.05) is 11.9 Å². The Labute approximate surface area is 96.8 Å². The molecule has 15 heavy (non-hydrogen) atoms. The second kappa shape index (κ2) is 5.06. The van der Waals surface area contributed by atoms with Gasteiger partial charge in [-0.25, -0.2) is 0 Å². The van der Waals surface area contributed by atoms with Crippen LogP contribution in [0.5, 0.6) is 0 Å². The Hall–Kier alpha value is -0.437. The summed E-state index contributed by atoms with van der Waals surface area (Å²) in [5, 5.41) is 0. The van der Waals surface area contributed by atoms with Gasteiger partial charge in [-0.05, 0) is 0 Å². The van der Waals surface area contributed by atoms with E-state index >= 15 is 0 Å². The summed E-state index contributed by atoms with van der Waals surface area (Å²) >= 11 is -1.61. The van der Waals surface area contributed by atoms with Gasteiger partial charge >= 0.3 is 96.7 Å². The zero-order valence-corrected chi connectivity index (χ0v) is 12.7. The molecule has 0 amide bonds. The van der Waals surface area contributed by atoms with Gasteiger partial charge in [-0.2, -0.15) is 0 Å². The normalized spacial score (nSPS) is 13.7. The Bertz CT molecular complexity index is 289. The summed E-state index contributed by atoms with van der Waals surface area (Å²) in [6.07, 6.45) is 1.26. The van der Waals surface area contributed by atoms with E-state index in [9.17, 15) is 0 Å². The molecule has 1 atom stereocenters. The quantitative estimate of drug-likeness (QED) is 0.749. The molecular weight excluding hydrogens is 243 g/mol. The average molecular weight is 266 g/mol. The molecule has 84 valence electrons. The van der Waals surface area contributed by atoms with E-state index in [-0.39, 0.29) is 0 Å². The number of anilines is 1. The predicted octanol–water partition coefficient (Wildman–Crippen LogP) is 3.78. The monoisotopic (exact) mass is 267 g/mol. The molecule has 2 heteroatoms. The van der Waals surface area contributed by atoms with Gasteiger partial charge in [-0.1, -0.05) is 0 Å². The Balaban J connectivity index is 2.88. The van der Waals surface area contributed by atoms with Crippen molar-refractivity contribution in [3.8, 4) is 0 Å². The van der Waals surface area contributed by atoms with Crippen molar-refractivity contribution in [2.45, 2.75) is 35.5 Å². The van der Waals surface area contributed by atoms with Crippen LogP contribution in [0.15, 0.2) is 30.3 Å². The number of para-hydroxylation sites is 1. The molecule has 0 bridgehead atoms. The molecule has 0 heterocycles. The van der Waals surface area contributed by atoms with Crippen LogP contribution in [-0.2, 0) is 0 Å². The van der Waals surface area contributed by atoms with Crippen molar-refractivity contribution in [3.63, 3.8) is 0 Å². The number of hydrogen-bond donors (Lipinski definition) is 0. The van der Waals surface area contributed by atoms with E-state index in [1.807, 2.05) is 0 Å². The van der Waals surface area contributed by atoms with Crippen LogP contribution >= 0.6 is 0 Å². The second-order valence-corrected chi connectivity index (χ2v) is 16.6. The second-order valence-electron chi connectivity index (χ2n) is 5.24. The van der Waals surface area contributed by atoms with E-state index in [4.69, 9.17) is 0 Å². The first kappa shape index (κ1) is 12.6. The Morgan fingerprint density at radius 1 is 1.13 bits per heavy atom. The SMILES string of the molecule is CC[CH](N(C)c1ccccc1)[Ge]([CH3])([CH3])[CH3]. The van der Waals surface area contributed by atoms with E-state index < -0.39 is 13.3 Å². The van der Waals surface area contributed by atoms with Gasteiger partial charge in [0.25, 0.3) is 0 Å². The third-order valence-electron chi connectivity index (χ3n) is 3.02. The molecule has 0 N–H and O–H groups in total. The van der Waals surface area contributed by atoms with E-state index in [0.717, 1.165) is 4.87 Å². The molecule has 0 aromatic heterocycles. The number of benzene rings is 1. The molecule has 0 radical (unpaired) electrons.